The van der Waals surface area contributed by atoms with Crippen molar-refractivity contribution in [2.24, 2.45) is 4.99 Å². The minimum Gasteiger partial charge on any atom is -0.379 e. The van der Waals surface area contributed by atoms with Crippen LogP contribution in [0.4, 0.5) is 0 Å². The van der Waals surface area contributed by atoms with E-state index < -0.39 is 0 Å². The summed E-state index contributed by atoms with van der Waals surface area (Å²) < 4.78 is 5.43. The summed E-state index contributed by atoms with van der Waals surface area (Å²) in [5.74, 6) is 0.947. The Kier molecular flexibility index (Phi) is 8.84. The zero-order valence-corrected chi connectivity index (χ0v) is 15.9. The molecule has 2 rings (SSSR count). The predicted octanol–water partition coefficient (Wildman–Crippen LogP) is 1.14. The molecule has 2 aliphatic heterocycles. The number of hydrogen-bond donors (Lipinski definition) is 2. The van der Waals surface area contributed by atoms with Crippen LogP contribution in [0.2, 0.25) is 0 Å². The molecule has 2 fully saturated rings. The van der Waals surface area contributed by atoms with Crippen LogP contribution in [-0.4, -0.2) is 86.9 Å². The number of rotatable bonds is 7. The van der Waals surface area contributed by atoms with E-state index in [0.717, 1.165) is 64.5 Å². The molecule has 0 aliphatic carbocycles. The second-order valence-electron chi connectivity index (χ2n) is 7.02. The van der Waals surface area contributed by atoms with Gasteiger partial charge in [0.15, 0.2) is 5.96 Å². The Morgan fingerprint density at radius 2 is 2.00 bits per heavy atom. The normalized spacial score (nSPS) is 25.5. The number of likely N-dealkylation sites (tertiary alicyclic amines) is 1. The van der Waals surface area contributed by atoms with Crippen molar-refractivity contribution in [2.75, 3.05) is 59.0 Å². The van der Waals surface area contributed by atoms with Gasteiger partial charge < -0.3 is 15.4 Å². The third-order valence-corrected chi connectivity index (χ3v) is 5.16. The lowest BCUT2D eigenvalue weighted by atomic mass is 10.0. The first-order valence-corrected chi connectivity index (χ1v) is 9.78. The highest BCUT2D eigenvalue weighted by molar-refractivity contribution is 5.79. The summed E-state index contributed by atoms with van der Waals surface area (Å²) in [7, 11) is 0. The largest absolute Gasteiger partial charge is 0.379 e. The van der Waals surface area contributed by atoms with Gasteiger partial charge in [-0.15, -0.1) is 0 Å². The Hall–Kier alpha value is -0.850. The topological polar surface area (TPSA) is 52.1 Å². The molecular formula is C18H37N5O. The van der Waals surface area contributed by atoms with Gasteiger partial charge in [-0.1, -0.05) is 6.42 Å². The van der Waals surface area contributed by atoms with Crippen LogP contribution in [-0.2, 0) is 4.74 Å². The van der Waals surface area contributed by atoms with Gasteiger partial charge in [-0.05, 0) is 40.2 Å². The fourth-order valence-corrected chi connectivity index (χ4v) is 3.51. The van der Waals surface area contributed by atoms with Gasteiger partial charge in [0.1, 0.15) is 0 Å². The molecule has 0 spiro atoms. The summed E-state index contributed by atoms with van der Waals surface area (Å²) in [6.07, 6.45) is 4.06. The zero-order valence-electron chi connectivity index (χ0n) is 15.9. The minimum atomic E-state index is 0.464. The average molecular weight is 340 g/mol. The Labute approximate surface area is 148 Å². The molecule has 2 unspecified atom stereocenters. The quantitative estimate of drug-likeness (QED) is 0.538. The van der Waals surface area contributed by atoms with Crippen LogP contribution in [0.5, 0.6) is 0 Å². The molecule has 0 bridgehead atoms. The van der Waals surface area contributed by atoms with Gasteiger partial charge in [-0.2, -0.15) is 0 Å². The van der Waals surface area contributed by atoms with Crippen molar-refractivity contribution in [1.29, 1.82) is 0 Å². The summed E-state index contributed by atoms with van der Waals surface area (Å²) in [5, 5.41) is 6.87. The van der Waals surface area contributed by atoms with Crippen LogP contribution in [0, 0.1) is 0 Å². The molecule has 2 heterocycles. The number of guanidine groups is 1. The maximum absolute atomic E-state index is 5.43. The van der Waals surface area contributed by atoms with E-state index in [1.807, 2.05) is 0 Å². The van der Waals surface area contributed by atoms with Gasteiger partial charge in [0.25, 0.3) is 0 Å². The molecule has 2 N–H and O–H groups in total. The summed E-state index contributed by atoms with van der Waals surface area (Å²) >= 11 is 0. The van der Waals surface area contributed by atoms with Crippen molar-refractivity contribution in [3.8, 4) is 0 Å². The Bertz CT molecular complexity index is 370. The smallest absolute Gasteiger partial charge is 0.191 e. The highest BCUT2D eigenvalue weighted by atomic mass is 16.5. The van der Waals surface area contributed by atoms with Gasteiger partial charge in [0.2, 0.25) is 0 Å². The van der Waals surface area contributed by atoms with Gasteiger partial charge in [-0.25, -0.2) is 0 Å². The maximum Gasteiger partial charge on any atom is 0.191 e. The molecule has 0 aromatic carbocycles. The number of nitrogens with zero attached hydrogens (tertiary/aromatic N) is 3. The van der Waals surface area contributed by atoms with Crippen LogP contribution in [0.3, 0.4) is 0 Å². The molecule has 0 saturated carbocycles. The van der Waals surface area contributed by atoms with E-state index in [2.05, 4.69) is 41.2 Å². The first kappa shape index (κ1) is 19.5. The number of nitrogens with one attached hydrogen (secondary N) is 2. The van der Waals surface area contributed by atoms with Crippen molar-refractivity contribution in [3.05, 3.63) is 0 Å². The molecule has 2 aliphatic rings. The van der Waals surface area contributed by atoms with Gasteiger partial charge in [0, 0.05) is 44.8 Å². The minimum absolute atomic E-state index is 0.464. The standard InChI is InChI=1S/C18H37N5O/c1-4-19-18(20-8-10-22-9-6-5-7-16(22)2)21-15-17(3)23-11-13-24-14-12-23/h16-17H,4-15H2,1-3H3,(H2,19,20,21). The first-order valence-electron chi connectivity index (χ1n) is 9.78. The van der Waals surface area contributed by atoms with Gasteiger partial charge in [0.05, 0.1) is 19.8 Å². The first-order chi connectivity index (χ1) is 11.7. The van der Waals surface area contributed by atoms with Crippen molar-refractivity contribution in [2.45, 2.75) is 52.1 Å². The molecule has 0 radical (unpaired) electrons. The van der Waals surface area contributed by atoms with Gasteiger partial charge in [-0.3, -0.25) is 14.8 Å². The highest BCUT2D eigenvalue weighted by Gasteiger charge is 2.18. The van der Waals surface area contributed by atoms with Crippen LogP contribution >= 0.6 is 0 Å². The predicted molar refractivity (Wildman–Crippen MR) is 101 cm³/mol. The van der Waals surface area contributed by atoms with Crippen molar-refractivity contribution in [1.82, 2.24) is 20.4 Å². The van der Waals surface area contributed by atoms with Crippen molar-refractivity contribution >= 4 is 5.96 Å². The molecule has 24 heavy (non-hydrogen) atoms. The molecular weight excluding hydrogens is 302 g/mol. The molecule has 0 aromatic heterocycles. The summed E-state index contributed by atoms with van der Waals surface area (Å²) in [5.41, 5.74) is 0. The third-order valence-electron chi connectivity index (χ3n) is 5.16. The molecule has 6 heteroatoms. The van der Waals surface area contributed by atoms with E-state index in [-0.39, 0.29) is 0 Å². The lowest BCUT2D eigenvalue weighted by molar-refractivity contribution is 0.0220. The van der Waals surface area contributed by atoms with E-state index in [9.17, 15) is 0 Å². The van der Waals surface area contributed by atoms with Crippen LogP contribution in [0.15, 0.2) is 4.99 Å². The maximum atomic E-state index is 5.43. The highest BCUT2D eigenvalue weighted by Crippen LogP contribution is 2.15. The third kappa shape index (κ3) is 6.57. The SMILES string of the molecule is CCNC(=NCC(C)N1CCOCC1)NCCN1CCCCC1C. The molecule has 2 atom stereocenters. The second-order valence-corrected chi connectivity index (χ2v) is 7.02. The number of piperidine rings is 1. The molecule has 2 saturated heterocycles. The Morgan fingerprint density at radius 1 is 1.21 bits per heavy atom. The average Bonchev–Trinajstić information content (AvgIpc) is 2.61. The van der Waals surface area contributed by atoms with Crippen LogP contribution < -0.4 is 10.6 Å². The molecule has 0 amide bonds. The Balaban J connectivity index is 1.73. The molecule has 6 nitrogen and oxygen atoms in total. The van der Waals surface area contributed by atoms with Crippen molar-refractivity contribution in [3.63, 3.8) is 0 Å². The Morgan fingerprint density at radius 3 is 2.71 bits per heavy atom. The summed E-state index contributed by atoms with van der Waals surface area (Å²) in [4.78, 5) is 9.84. The molecule has 0 aromatic rings. The van der Waals surface area contributed by atoms with Gasteiger partial charge >= 0.3 is 0 Å². The zero-order chi connectivity index (χ0) is 17.2. The number of aliphatic imine (C=N–C) groups is 1. The fraction of sp³-hybridized carbons (Fsp3) is 0.944. The van der Waals surface area contributed by atoms with E-state index >= 15 is 0 Å². The van der Waals surface area contributed by atoms with Crippen LogP contribution in [0.1, 0.15) is 40.0 Å². The van der Waals surface area contributed by atoms with Crippen LogP contribution in [0.25, 0.3) is 0 Å². The van der Waals surface area contributed by atoms with E-state index in [0.29, 0.717) is 6.04 Å². The number of hydrogen-bond acceptors (Lipinski definition) is 4. The molecule has 140 valence electrons. The number of ether oxygens (including phenoxy) is 1. The number of morpholine rings is 1. The van der Waals surface area contributed by atoms with Crippen molar-refractivity contribution < 1.29 is 4.74 Å². The van der Waals surface area contributed by atoms with E-state index in [4.69, 9.17) is 9.73 Å². The second kappa shape index (κ2) is 10.9. The van der Waals surface area contributed by atoms with E-state index in [1.54, 1.807) is 0 Å². The lowest BCUT2D eigenvalue weighted by Gasteiger charge is -2.33. The fourth-order valence-electron chi connectivity index (χ4n) is 3.51. The summed E-state index contributed by atoms with van der Waals surface area (Å²) in [6.45, 7) is 15.5. The van der Waals surface area contributed by atoms with E-state index in [1.165, 1.54) is 25.8 Å². The lowest BCUT2D eigenvalue weighted by Crippen LogP contribution is -2.46. The monoisotopic (exact) mass is 339 g/mol. The summed E-state index contributed by atoms with van der Waals surface area (Å²) in [6, 6.07) is 1.19.